The van der Waals surface area contributed by atoms with Gasteiger partial charge in [0.05, 0.1) is 16.3 Å². The molecule has 86 valence electrons. The Morgan fingerprint density at radius 2 is 2.19 bits per heavy atom. The summed E-state index contributed by atoms with van der Waals surface area (Å²) in [5, 5.41) is 10.5. The molecule has 2 aromatic rings. The number of benzene rings is 1. The first-order valence-electron chi connectivity index (χ1n) is 5.11. The zero-order valence-electron chi connectivity index (χ0n) is 8.67. The van der Waals surface area contributed by atoms with Crippen molar-refractivity contribution in [2.75, 3.05) is 18.0 Å². The molecule has 3 rings (SSSR count). The molecule has 0 spiro atoms. The van der Waals surface area contributed by atoms with Gasteiger partial charge in [0.15, 0.2) is 5.13 Å². The predicted molar refractivity (Wildman–Crippen MR) is 69.7 cm³/mol. The zero-order chi connectivity index (χ0) is 10.3. The fourth-order valence-electron chi connectivity index (χ4n) is 1.91. The lowest BCUT2D eigenvalue weighted by Gasteiger charge is -2.12. The van der Waals surface area contributed by atoms with E-state index in [0.717, 1.165) is 30.2 Å². The number of aliphatic hydroxyl groups is 1. The highest BCUT2D eigenvalue weighted by Gasteiger charge is 2.22. The van der Waals surface area contributed by atoms with E-state index in [0.29, 0.717) is 0 Å². The number of thiazole rings is 1. The minimum absolute atomic E-state index is 0. The van der Waals surface area contributed by atoms with Crippen molar-refractivity contribution in [2.24, 2.45) is 0 Å². The minimum Gasteiger partial charge on any atom is -0.391 e. The van der Waals surface area contributed by atoms with E-state index < -0.39 is 0 Å². The SMILES string of the molecule is Cl.OC1CCN(c2nc3ccccc3s2)C1. The van der Waals surface area contributed by atoms with Gasteiger partial charge >= 0.3 is 0 Å². The fourth-order valence-corrected chi connectivity index (χ4v) is 2.91. The van der Waals surface area contributed by atoms with Crippen molar-refractivity contribution < 1.29 is 5.11 Å². The third-order valence-corrected chi connectivity index (χ3v) is 3.81. The van der Waals surface area contributed by atoms with Gasteiger partial charge in [0.2, 0.25) is 0 Å². The summed E-state index contributed by atoms with van der Waals surface area (Å²) >= 11 is 1.70. The van der Waals surface area contributed by atoms with E-state index in [9.17, 15) is 5.11 Å². The second kappa shape index (κ2) is 4.57. The lowest BCUT2D eigenvalue weighted by Crippen LogP contribution is -2.20. The number of anilines is 1. The van der Waals surface area contributed by atoms with Crippen LogP contribution < -0.4 is 4.90 Å². The van der Waals surface area contributed by atoms with Crippen molar-refractivity contribution in [1.82, 2.24) is 4.98 Å². The largest absolute Gasteiger partial charge is 0.391 e. The molecule has 1 aromatic carbocycles. The molecule has 5 heteroatoms. The number of rotatable bonds is 1. The molecule has 1 unspecified atom stereocenters. The van der Waals surface area contributed by atoms with E-state index in [-0.39, 0.29) is 18.5 Å². The van der Waals surface area contributed by atoms with Gasteiger partial charge in [-0.05, 0) is 18.6 Å². The first-order chi connectivity index (χ1) is 7.33. The van der Waals surface area contributed by atoms with E-state index >= 15 is 0 Å². The van der Waals surface area contributed by atoms with Gasteiger partial charge in [0.25, 0.3) is 0 Å². The Hall–Kier alpha value is -0.840. The average Bonchev–Trinajstić information content (AvgIpc) is 2.82. The minimum atomic E-state index is -0.183. The number of fused-ring (bicyclic) bond motifs is 1. The molecule has 1 aromatic heterocycles. The molecule has 0 aliphatic carbocycles. The Kier molecular flexibility index (Phi) is 3.33. The maximum Gasteiger partial charge on any atom is 0.186 e. The van der Waals surface area contributed by atoms with E-state index in [2.05, 4.69) is 16.0 Å². The molecule has 16 heavy (non-hydrogen) atoms. The van der Waals surface area contributed by atoms with Gasteiger partial charge in [-0.25, -0.2) is 4.98 Å². The van der Waals surface area contributed by atoms with E-state index in [1.807, 2.05) is 18.2 Å². The van der Waals surface area contributed by atoms with E-state index in [1.54, 1.807) is 11.3 Å². The lowest BCUT2D eigenvalue weighted by atomic mass is 10.3. The molecule has 1 atom stereocenters. The third kappa shape index (κ3) is 2.00. The van der Waals surface area contributed by atoms with E-state index in [1.165, 1.54) is 4.70 Å². The second-order valence-electron chi connectivity index (χ2n) is 3.85. The van der Waals surface area contributed by atoms with Crippen LogP contribution in [0.2, 0.25) is 0 Å². The molecule has 0 amide bonds. The van der Waals surface area contributed by atoms with Crippen molar-refractivity contribution >= 4 is 39.1 Å². The van der Waals surface area contributed by atoms with Gasteiger partial charge in [-0.1, -0.05) is 23.5 Å². The van der Waals surface area contributed by atoms with Crippen LogP contribution in [0.25, 0.3) is 10.2 Å². The molecule has 1 N–H and O–H groups in total. The van der Waals surface area contributed by atoms with Crippen LogP contribution in [0.15, 0.2) is 24.3 Å². The monoisotopic (exact) mass is 256 g/mol. The molecule has 1 aliphatic heterocycles. The van der Waals surface area contributed by atoms with Crippen molar-refractivity contribution in [3.05, 3.63) is 24.3 Å². The summed E-state index contributed by atoms with van der Waals surface area (Å²) in [6.45, 7) is 1.64. The molecule has 0 saturated carbocycles. The first kappa shape index (κ1) is 11.6. The Morgan fingerprint density at radius 3 is 2.88 bits per heavy atom. The van der Waals surface area contributed by atoms with Crippen LogP contribution in [-0.4, -0.2) is 29.3 Å². The molecular weight excluding hydrogens is 244 g/mol. The third-order valence-electron chi connectivity index (χ3n) is 2.72. The van der Waals surface area contributed by atoms with Gasteiger partial charge < -0.3 is 10.0 Å². The van der Waals surface area contributed by atoms with Gasteiger partial charge in [0.1, 0.15) is 0 Å². The summed E-state index contributed by atoms with van der Waals surface area (Å²) in [6, 6.07) is 8.15. The van der Waals surface area contributed by atoms with Crippen molar-refractivity contribution in [3.8, 4) is 0 Å². The van der Waals surface area contributed by atoms with E-state index in [4.69, 9.17) is 0 Å². The molecule has 0 radical (unpaired) electrons. The van der Waals surface area contributed by atoms with Crippen molar-refractivity contribution in [2.45, 2.75) is 12.5 Å². The normalized spacial score (nSPS) is 20.1. The van der Waals surface area contributed by atoms with Crippen LogP contribution in [0, 0.1) is 0 Å². The second-order valence-corrected chi connectivity index (χ2v) is 4.86. The summed E-state index contributed by atoms with van der Waals surface area (Å²) in [6.07, 6.45) is 0.674. The number of hydrogen-bond acceptors (Lipinski definition) is 4. The van der Waals surface area contributed by atoms with Crippen molar-refractivity contribution in [3.63, 3.8) is 0 Å². The quantitative estimate of drug-likeness (QED) is 0.851. The van der Waals surface area contributed by atoms with Gasteiger partial charge in [-0.15, -0.1) is 12.4 Å². The Bertz CT molecular complexity index is 455. The van der Waals surface area contributed by atoms with Crippen LogP contribution >= 0.6 is 23.7 Å². The lowest BCUT2D eigenvalue weighted by molar-refractivity contribution is 0.198. The summed E-state index contributed by atoms with van der Waals surface area (Å²) < 4.78 is 1.22. The molecule has 1 aliphatic rings. The molecular formula is C11H13ClN2OS. The Labute approximate surface area is 104 Å². The topological polar surface area (TPSA) is 36.4 Å². The van der Waals surface area contributed by atoms with Crippen LogP contribution in [0.4, 0.5) is 5.13 Å². The summed E-state index contributed by atoms with van der Waals surface area (Å²) in [4.78, 5) is 6.72. The number of para-hydroxylation sites is 1. The van der Waals surface area contributed by atoms with Crippen molar-refractivity contribution in [1.29, 1.82) is 0 Å². The smallest absolute Gasteiger partial charge is 0.186 e. The van der Waals surface area contributed by atoms with Gasteiger partial charge in [-0.3, -0.25) is 0 Å². The molecule has 3 nitrogen and oxygen atoms in total. The predicted octanol–water partition coefficient (Wildman–Crippen LogP) is 2.29. The number of halogens is 1. The highest BCUT2D eigenvalue weighted by molar-refractivity contribution is 7.22. The average molecular weight is 257 g/mol. The molecule has 1 saturated heterocycles. The maximum atomic E-state index is 9.47. The van der Waals surface area contributed by atoms with Crippen LogP contribution in [0.5, 0.6) is 0 Å². The van der Waals surface area contributed by atoms with Crippen LogP contribution in [0.3, 0.4) is 0 Å². The number of aliphatic hydroxyl groups excluding tert-OH is 1. The zero-order valence-corrected chi connectivity index (χ0v) is 10.3. The number of β-amino-alcohol motifs (C(OH)–C–C–N with tert-alkyl or cyclic N) is 1. The van der Waals surface area contributed by atoms with Crippen LogP contribution in [0.1, 0.15) is 6.42 Å². The Morgan fingerprint density at radius 1 is 1.38 bits per heavy atom. The number of hydrogen-bond donors (Lipinski definition) is 1. The standard InChI is InChI=1S/C11H12N2OS.ClH/c14-8-5-6-13(7-8)11-12-9-3-1-2-4-10(9)15-11;/h1-4,8,14H,5-7H2;1H. The Balaban J connectivity index is 0.000000963. The first-order valence-corrected chi connectivity index (χ1v) is 5.93. The maximum absolute atomic E-state index is 9.47. The van der Waals surface area contributed by atoms with Gasteiger partial charge in [0, 0.05) is 13.1 Å². The molecule has 0 bridgehead atoms. The fraction of sp³-hybridized carbons (Fsp3) is 0.364. The summed E-state index contributed by atoms with van der Waals surface area (Å²) in [5.74, 6) is 0. The number of nitrogens with zero attached hydrogens (tertiary/aromatic N) is 2. The summed E-state index contributed by atoms with van der Waals surface area (Å²) in [5.41, 5.74) is 1.05. The van der Waals surface area contributed by atoms with Gasteiger partial charge in [-0.2, -0.15) is 0 Å². The summed E-state index contributed by atoms with van der Waals surface area (Å²) in [7, 11) is 0. The highest BCUT2D eigenvalue weighted by atomic mass is 35.5. The number of aromatic nitrogens is 1. The highest BCUT2D eigenvalue weighted by Crippen LogP contribution is 2.30. The van der Waals surface area contributed by atoms with Crippen LogP contribution in [-0.2, 0) is 0 Å². The molecule has 2 heterocycles. The molecule has 1 fully saturated rings.